The summed E-state index contributed by atoms with van der Waals surface area (Å²) in [7, 11) is 0. The van der Waals surface area contributed by atoms with Gasteiger partial charge >= 0.3 is 0 Å². The fourth-order valence-corrected chi connectivity index (χ4v) is 5.42. The second-order valence-corrected chi connectivity index (χ2v) is 7.22. The number of amides is 1. The molecule has 4 aliphatic rings. The molecule has 4 N–H and O–H groups in total. The number of nitrogens with two attached hydrogens (primary N) is 1. The molecule has 0 saturated heterocycles. The van der Waals surface area contributed by atoms with E-state index in [0.717, 1.165) is 11.8 Å². The maximum atomic E-state index is 12.3. The fourth-order valence-electron chi connectivity index (χ4n) is 5.42. The van der Waals surface area contributed by atoms with Crippen LogP contribution >= 0.6 is 0 Å². The van der Waals surface area contributed by atoms with Gasteiger partial charge in [-0.3, -0.25) is 4.79 Å². The molecule has 0 aromatic carbocycles. The third kappa shape index (κ3) is 2.19. The third-order valence-electron chi connectivity index (χ3n) is 5.81. The van der Waals surface area contributed by atoms with Crippen molar-refractivity contribution in [1.82, 2.24) is 5.32 Å². The first kappa shape index (κ1) is 13.4. The molecular formula is C15H26N2O2. The Kier molecular flexibility index (Phi) is 3.34. The molecule has 4 rings (SSSR count). The van der Waals surface area contributed by atoms with Crippen LogP contribution < -0.4 is 11.1 Å². The Morgan fingerprint density at radius 3 is 2.21 bits per heavy atom. The quantitative estimate of drug-likeness (QED) is 0.707. The summed E-state index contributed by atoms with van der Waals surface area (Å²) in [5.74, 6) is 3.33. The molecule has 4 saturated carbocycles. The summed E-state index contributed by atoms with van der Waals surface area (Å²) < 4.78 is 0. The van der Waals surface area contributed by atoms with Crippen LogP contribution in [0.3, 0.4) is 0 Å². The summed E-state index contributed by atoms with van der Waals surface area (Å²) in [5.41, 5.74) is 5.65. The zero-order valence-corrected chi connectivity index (χ0v) is 11.8. The number of aliphatic hydroxyl groups excluding tert-OH is 1. The molecule has 4 aliphatic carbocycles. The first-order valence-electron chi connectivity index (χ1n) is 7.70. The standard InChI is InChI=1S/C15H26N2O2/c1-15(16,14(19)17-2-3-18)13-11-5-9-4-10(7-11)8-12(13)6-9/h9-13,18H,2-8,16H2,1H3,(H,17,19). The van der Waals surface area contributed by atoms with E-state index in [1.54, 1.807) is 0 Å². The van der Waals surface area contributed by atoms with E-state index in [-0.39, 0.29) is 12.5 Å². The summed E-state index contributed by atoms with van der Waals surface area (Å²) in [6.45, 7) is 2.18. The lowest BCUT2D eigenvalue weighted by Gasteiger charge is -2.58. The Labute approximate surface area is 115 Å². The van der Waals surface area contributed by atoms with Crippen LogP contribution in [0.15, 0.2) is 0 Å². The fraction of sp³-hybridized carbons (Fsp3) is 0.933. The minimum Gasteiger partial charge on any atom is -0.395 e. The maximum Gasteiger partial charge on any atom is 0.240 e. The molecule has 0 radical (unpaired) electrons. The maximum absolute atomic E-state index is 12.3. The lowest BCUT2D eigenvalue weighted by molar-refractivity contribution is -0.136. The predicted molar refractivity (Wildman–Crippen MR) is 73.2 cm³/mol. The van der Waals surface area contributed by atoms with Crippen molar-refractivity contribution in [2.24, 2.45) is 35.3 Å². The third-order valence-corrected chi connectivity index (χ3v) is 5.81. The Bertz CT molecular complexity index is 339. The van der Waals surface area contributed by atoms with Crippen molar-refractivity contribution in [3.63, 3.8) is 0 Å². The van der Waals surface area contributed by atoms with Crippen LogP contribution in [0.1, 0.15) is 39.0 Å². The minimum absolute atomic E-state index is 0.0243. The van der Waals surface area contributed by atoms with E-state index < -0.39 is 5.54 Å². The van der Waals surface area contributed by atoms with Crippen LogP contribution in [0.4, 0.5) is 0 Å². The number of hydrogen-bond donors (Lipinski definition) is 3. The SMILES string of the molecule is CC(N)(C(=O)NCCO)C1C2CC3CC(C2)CC1C3. The average molecular weight is 266 g/mol. The monoisotopic (exact) mass is 266 g/mol. The second kappa shape index (κ2) is 4.74. The minimum atomic E-state index is -0.780. The van der Waals surface area contributed by atoms with Gasteiger partial charge in [0.2, 0.25) is 5.91 Å². The largest absolute Gasteiger partial charge is 0.395 e. The van der Waals surface area contributed by atoms with E-state index in [1.165, 1.54) is 32.1 Å². The van der Waals surface area contributed by atoms with Gasteiger partial charge in [0.25, 0.3) is 0 Å². The van der Waals surface area contributed by atoms with Gasteiger partial charge in [0.05, 0.1) is 12.1 Å². The summed E-state index contributed by atoms with van der Waals surface area (Å²) in [5, 5.41) is 11.6. The lowest BCUT2D eigenvalue weighted by Crippen LogP contribution is -2.64. The highest BCUT2D eigenvalue weighted by Crippen LogP contribution is 2.58. The highest BCUT2D eigenvalue weighted by Gasteiger charge is 2.55. The molecule has 0 heterocycles. The Morgan fingerprint density at radius 2 is 1.74 bits per heavy atom. The number of nitrogens with one attached hydrogen (secondary N) is 1. The van der Waals surface area contributed by atoms with Crippen LogP contribution in [0.25, 0.3) is 0 Å². The van der Waals surface area contributed by atoms with Gasteiger partial charge in [0.1, 0.15) is 0 Å². The number of carbonyl (C=O) groups excluding carboxylic acids is 1. The smallest absolute Gasteiger partial charge is 0.240 e. The van der Waals surface area contributed by atoms with E-state index >= 15 is 0 Å². The summed E-state index contributed by atoms with van der Waals surface area (Å²) in [4.78, 5) is 12.3. The van der Waals surface area contributed by atoms with Gasteiger partial charge in [0.15, 0.2) is 0 Å². The van der Waals surface area contributed by atoms with Gasteiger partial charge in [-0.1, -0.05) is 0 Å². The summed E-state index contributed by atoms with van der Waals surface area (Å²) in [6.07, 6.45) is 6.52. The van der Waals surface area contributed by atoms with Crippen molar-refractivity contribution < 1.29 is 9.90 Å². The zero-order valence-electron chi connectivity index (χ0n) is 11.8. The van der Waals surface area contributed by atoms with Crippen molar-refractivity contribution in [3.05, 3.63) is 0 Å². The van der Waals surface area contributed by atoms with E-state index in [4.69, 9.17) is 10.8 Å². The van der Waals surface area contributed by atoms with Gasteiger partial charge in [-0.25, -0.2) is 0 Å². The van der Waals surface area contributed by atoms with E-state index in [0.29, 0.717) is 24.3 Å². The van der Waals surface area contributed by atoms with Crippen LogP contribution in [-0.2, 0) is 4.79 Å². The van der Waals surface area contributed by atoms with E-state index in [1.807, 2.05) is 6.92 Å². The molecule has 1 atom stereocenters. The normalized spacial score (nSPS) is 43.0. The molecule has 1 unspecified atom stereocenters. The molecule has 4 fully saturated rings. The van der Waals surface area contributed by atoms with E-state index in [9.17, 15) is 4.79 Å². The second-order valence-electron chi connectivity index (χ2n) is 7.22. The molecule has 0 aromatic rings. The van der Waals surface area contributed by atoms with Crippen molar-refractivity contribution in [1.29, 1.82) is 0 Å². The lowest BCUT2D eigenvalue weighted by atomic mass is 9.48. The number of hydrogen-bond acceptors (Lipinski definition) is 3. The molecule has 0 aromatic heterocycles. The predicted octanol–water partition coefficient (Wildman–Crippen LogP) is 0.885. The molecule has 0 spiro atoms. The van der Waals surface area contributed by atoms with E-state index in [2.05, 4.69) is 5.32 Å². The Hall–Kier alpha value is -0.610. The molecule has 4 nitrogen and oxygen atoms in total. The Balaban J connectivity index is 1.75. The molecule has 19 heavy (non-hydrogen) atoms. The van der Waals surface area contributed by atoms with Crippen LogP contribution in [-0.4, -0.2) is 29.7 Å². The molecule has 4 bridgehead atoms. The number of rotatable bonds is 4. The summed E-state index contributed by atoms with van der Waals surface area (Å²) >= 11 is 0. The van der Waals surface area contributed by atoms with Gasteiger partial charge in [-0.2, -0.15) is 0 Å². The average Bonchev–Trinajstić information content (AvgIpc) is 2.34. The number of carbonyl (C=O) groups is 1. The van der Waals surface area contributed by atoms with Gasteiger partial charge < -0.3 is 16.2 Å². The molecule has 0 aliphatic heterocycles. The highest BCUT2D eigenvalue weighted by molar-refractivity contribution is 5.86. The first-order valence-corrected chi connectivity index (χ1v) is 7.70. The van der Waals surface area contributed by atoms with Crippen LogP contribution in [0.2, 0.25) is 0 Å². The summed E-state index contributed by atoms with van der Waals surface area (Å²) in [6, 6.07) is 0. The number of aliphatic hydroxyl groups is 1. The molecule has 1 amide bonds. The molecule has 108 valence electrons. The van der Waals surface area contributed by atoms with Crippen molar-refractivity contribution in [3.8, 4) is 0 Å². The van der Waals surface area contributed by atoms with Crippen molar-refractivity contribution in [2.75, 3.05) is 13.2 Å². The highest BCUT2D eigenvalue weighted by atomic mass is 16.3. The van der Waals surface area contributed by atoms with Gasteiger partial charge in [-0.15, -0.1) is 0 Å². The van der Waals surface area contributed by atoms with Gasteiger partial charge in [0, 0.05) is 6.54 Å². The Morgan fingerprint density at radius 1 is 1.21 bits per heavy atom. The first-order chi connectivity index (χ1) is 9.02. The van der Waals surface area contributed by atoms with Crippen molar-refractivity contribution in [2.45, 2.75) is 44.6 Å². The van der Waals surface area contributed by atoms with Crippen LogP contribution in [0.5, 0.6) is 0 Å². The molecule has 4 heteroatoms. The zero-order chi connectivity index (χ0) is 13.6. The van der Waals surface area contributed by atoms with Gasteiger partial charge in [-0.05, 0) is 68.6 Å². The molecular weight excluding hydrogens is 240 g/mol. The topological polar surface area (TPSA) is 75.4 Å². The van der Waals surface area contributed by atoms with Crippen molar-refractivity contribution >= 4 is 5.91 Å². The van der Waals surface area contributed by atoms with Crippen LogP contribution in [0, 0.1) is 29.6 Å².